The van der Waals surface area contributed by atoms with Crippen LogP contribution in [0.1, 0.15) is 24.0 Å². The number of carbonyl (C=O) groups is 1. The SMILES string of the molecule is CCOc1ccc(C2C(C#N)=C(N)Oc3cc(OC(=O)COc4ccc(Cl)cc4Cl)ccc32)cc1OC. The molecule has 1 heterocycles. The summed E-state index contributed by atoms with van der Waals surface area (Å²) in [5.74, 6) is 0.737. The van der Waals surface area contributed by atoms with Gasteiger partial charge in [-0.1, -0.05) is 35.3 Å². The lowest BCUT2D eigenvalue weighted by atomic mass is 9.83. The van der Waals surface area contributed by atoms with Crippen LogP contribution >= 0.6 is 23.2 Å². The highest BCUT2D eigenvalue weighted by atomic mass is 35.5. The van der Waals surface area contributed by atoms with Crippen LogP contribution in [0.15, 0.2) is 66.1 Å². The first-order valence-electron chi connectivity index (χ1n) is 11.1. The van der Waals surface area contributed by atoms with E-state index in [1.165, 1.54) is 12.1 Å². The molecule has 4 rings (SSSR count). The number of ether oxygens (including phenoxy) is 5. The predicted octanol–water partition coefficient (Wildman–Crippen LogP) is 5.60. The number of nitrogens with two attached hydrogens (primary N) is 1. The van der Waals surface area contributed by atoms with E-state index < -0.39 is 11.9 Å². The molecular formula is C27H22Cl2N2O6. The molecule has 0 spiro atoms. The zero-order valence-electron chi connectivity index (χ0n) is 19.9. The van der Waals surface area contributed by atoms with Gasteiger partial charge < -0.3 is 29.4 Å². The molecule has 0 saturated heterocycles. The molecule has 0 aliphatic carbocycles. The minimum atomic E-state index is -0.657. The number of nitrogens with zero attached hydrogens (tertiary/aromatic N) is 1. The summed E-state index contributed by atoms with van der Waals surface area (Å²) in [4.78, 5) is 12.4. The van der Waals surface area contributed by atoms with E-state index in [2.05, 4.69) is 6.07 Å². The lowest BCUT2D eigenvalue weighted by molar-refractivity contribution is -0.136. The standard InChI is InChI=1S/C27H22Cl2N2O6/c1-3-34-22-8-4-15(10-24(22)33-2)26-18-7-6-17(12-23(18)37-27(31)19(26)13-30)36-25(32)14-35-21-9-5-16(28)11-20(21)29/h4-12,26H,3,14,31H2,1-2H3. The smallest absolute Gasteiger partial charge is 0.349 e. The number of hydrogen-bond donors (Lipinski definition) is 1. The van der Waals surface area contributed by atoms with Crippen molar-refractivity contribution in [3.05, 3.63) is 87.2 Å². The molecule has 0 aromatic heterocycles. The Balaban J connectivity index is 1.57. The molecule has 10 heteroatoms. The number of fused-ring (bicyclic) bond motifs is 1. The number of methoxy groups -OCH3 is 1. The molecular weight excluding hydrogens is 519 g/mol. The maximum atomic E-state index is 12.4. The van der Waals surface area contributed by atoms with Crippen molar-refractivity contribution in [2.24, 2.45) is 5.73 Å². The number of halogens is 2. The van der Waals surface area contributed by atoms with Crippen LogP contribution in [0.2, 0.25) is 10.0 Å². The maximum absolute atomic E-state index is 12.4. The molecule has 0 amide bonds. The summed E-state index contributed by atoms with van der Waals surface area (Å²) in [6.07, 6.45) is 0. The number of rotatable bonds is 8. The summed E-state index contributed by atoms with van der Waals surface area (Å²) in [6, 6.07) is 17.1. The van der Waals surface area contributed by atoms with E-state index in [0.29, 0.717) is 40.2 Å². The van der Waals surface area contributed by atoms with Crippen molar-refractivity contribution in [2.75, 3.05) is 20.3 Å². The van der Waals surface area contributed by atoms with Crippen molar-refractivity contribution in [3.8, 4) is 34.8 Å². The van der Waals surface area contributed by atoms with Gasteiger partial charge in [0.2, 0.25) is 5.88 Å². The molecule has 0 bridgehead atoms. The van der Waals surface area contributed by atoms with Crippen molar-refractivity contribution in [1.29, 1.82) is 5.26 Å². The molecule has 1 aliphatic heterocycles. The van der Waals surface area contributed by atoms with E-state index in [9.17, 15) is 10.1 Å². The Morgan fingerprint density at radius 3 is 2.54 bits per heavy atom. The van der Waals surface area contributed by atoms with Gasteiger partial charge in [-0.25, -0.2) is 4.79 Å². The zero-order valence-corrected chi connectivity index (χ0v) is 21.4. The molecule has 0 fully saturated rings. The van der Waals surface area contributed by atoms with Gasteiger partial charge in [0.15, 0.2) is 18.1 Å². The molecule has 37 heavy (non-hydrogen) atoms. The van der Waals surface area contributed by atoms with Crippen molar-refractivity contribution in [1.82, 2.24) is 0 Å². The summed E-state index contributed by atoms with van der Waals surface area (Å²) in [6.45, 7) is 1.97. The topological polar surface area (TPSA) is 113 Å². The minimum Gasteiger partial charge on any atom is -0.493 e. The molecule has 1 aliphatic rings. The molecule has 190 valence electrons. The number of carbonyl (C=O) groups excluding carboxylic acids is 1. The average molecular weight is 541 g/mol. The van der Waals surface area contributed by atoms with Gasteiger partial charge in [0.05, 0.1) is 24.7 Å². The second-order valence-electron chi connectivity index (χ2n) is 7.81. The fourth-order valence-corrected chi connectivity index (χ4v) is 4.33. The van der Waals surface area contributed by atoms with Crippen molar-refractivity contribution in [3.63, 3.8) is 0 Å². The molecule has 0 radical (unpaired) electrons. The Morgan fingerprint density at radius 2 is 1.84 bits per heavy atom. The van der Waals surface area contributed by atoms with E-state index in [1.54, 1.807) is 43.5 Å². The zero-order chi connectivity index (χ0) is 26.5. The third-order valence-electron chi connectivity index (χ3n) is 5.48. The molecule has 8 nitrogen and oxygen atoms in total. The van der Waals surface area contributed by atoms with E-state index in [4.69, 9.17) is 52.6 Å². The van der Waals surface area contributed by atoms with Gasteiger partial charge in [-0.2, -0.15) is 5.26 Å². The normalized spacial score (nSPS) is 14.2. The minimum absolute atomic E-state index is 0.0444. The summed E-state index contributed by atoms with van der Waals surface area (Å²) >= 11 is 11.9. The lowest BCUT2D eigenvalue weighted by Crippen LogP contribution is -2.22. The highest BCUT2D eigenvalue weighted by Crippen LogP contribution is 2.45. The maximum Gasteiger partial charge on any atom is 0.349 e. The third-order valence-corrected chi connectivity index (χ3v) is 6.01. The van der Waals surface area contributed by atoms with Crippen LogP contribution in [0, 0.1) is 11.3 Å². The first-order chi connectivity index (χ1) is 17.8. The number of allylic oxidation sites excluding steroid dienone is 1. The van der Waals surface area contributed by atoms with Gasteiger partial charge in [0.1, 0.15) is 28.9 Å². The Morgan fingerprint density at radius 1 is 1.05 bits per heavy atom. The Kier molecular flexibility index (Phi) is 7.97. The monoisotopic (exact) mass is 540 g/mol. The highest BCUT2D eigenvalue weighted by Gasteiger charge is 2.31. The number of hydrogen-bond acceptors (Lipinski definition) is 8. The van der Waals surface area contributed by atoms with Crippen LogP contribution in [-0.4, -0.2) is 26.3 Å². The van der Waals surface area contributed by atoms with Gasteiger partial charge in [-0.05, 0) is 48.9 Å². The summed E-state index contributed by atoms with van der Waals surface area (Å²) in [7, 11) is 1.54. The Hall–Kier alpha value is -4.06. The van der Waals surface area contributed by atoms with Crippen molar-refractivity contribution >= 4 is 29.2 Å². The van der Waals surface area contributed by atoms with Crippen LogP contribution in [0.5, 0.6) is 28.7 Å². The average Bonchev–Trinajstić information content (AvgIpc) is 2.87. The van der Waals surface area contributed by atoms with E-state index in [-0.39, 0.29) is 28.8 Å². The predicted molar refractivity (Wildman–Crippen MR) is 137 cm³/mol. The van der Waals surface area contributed by atoms with Gasteiger partial charge in [0, 0.05) is 16.7 Å². The van der Waals surface area contributed by atoms with E-state index in [1.807, 2.05) is 13.0 Å². The van der Waals surface area contributed by atoms with Crippen LogP contribution in [0.3, 0.4) is 0 Å². The molecule has 2 N–H and O–H groups in total. The van der Waals surface area contributed by atoms with E-state index >= 15 is 0 Å². The number of benzene rings is 3. The van der Waals surface area contributed by atoms with Gasteiger partial charge >= 0.3 is 5.97 Å². The second kappa shape index (κ2) is 11.3. The first kappa shape index (κ1) is 26.0. The molecule has 3 aromatic rings. The number of esters is 1. The lowest BCUT2D eigenvalue weighted by Gasteiger charge is -2.27. The molecule has 1 atom stereocenters. The molecule has 3 aromatic carbocycles. The van der Waals surface area contributed by atoms with Crippen LogP contribution in [0.25, 0.3) is 0 Å². The summed E-state index contributed by atoms with van der Waals surface area (Å²) < 4.78 is 27.6. The second-order valence-corrected chi connectivity index (χ2v) is 8.65. The quantitative estimate of drug-likeness (QED) is 0.290. The Bertz CT molecular complexity index is 1420. The van der Waals surface area contributed by atoms with Gasteiger partial charge in [-0.15, -0.1) is 0 Å². The Labute approximate surface area is 223 Å². The largest absolute Gasteiger partial charge is 0.493 e. The van der Waals surface area contributed by atoms with Crippen molar-refractivity contribution < 1.29 is 28.5 Å². The first-order valence-corrected chi connectivity index (χ1v) is 11.9. The fourth-order valence-electron chi connectivity index (χ4n) is 3.87. The van der Waals surface area contributed by atoms with Crippen LogP contribution in [0.4, 0.5) is 0 Å². The molecule has 0 saturated carbocycles. The third kappa shape index (κ3) is 5.69. The van der Waals surface area contributed by atoms with Crippen molar-refractivity contribution in [2.45, 2.75) is 12.8 Å². The van der Waals surface area contributed by atoms with E-state index in [0.717, 1.165) is 5.56 Å². The van der Waals surface area contributed by atoms with Crippen LogP contribution < -0.4 is 29.4 Å². The summed E-state index contributed by atoms with van der Waals surface area (Å²) in [5.41, 5.74) is 7.76. The molecule has 1 unspecified atom stereocenters. The van der Waals surface area contributed by atoms with Crippen LogP contribution in [-0.2, 0) is 4.79 Å². The number of nitriles is 1. The van der Waals surface area contributed by atoms with Gasteiger partial charge in [0.25, 0.3) is 0 Å². The van der Waals surface area contributed by atoms with Gasteiger partial charge in [-0.3, -0.25) is 0 Å². The highest BCUT2D eigenvalue weighted by molar-refractivity contribution is 6.35. The fraction of sp³-hybridized carbons (Fsp3) is 0.185. The summed E-state index contributed by atoms with van der Waals surface area (Å²) in [5, 5.41) is 10.5.